The van der Waals surface area contributed by atoms with E-state index < -0.39 is 5.72 Å². The van der Waals surface area contributed by atoms with Crippen molar-refractivity contribution in [2.75, 3.05) is 0 Å². The summed E-state index contributed by atoms with van der Waals surface area (Å²) in [6.07, 6.45) is 2.35. The highest BCUT2D eigenvalue weighted by Crippen LogP contribution is 2.34. The number of aryl methyl sites for hydroxylation is 1. The van der Waals surface area contributed by atoms with E-state index in [1.807, 2.05) is 55.5 Å². The first-order valence-corrected chi connectivity index (χ1v) is 10.2. The monoisotopic (exact) mass is 413 g/mol. The van der Waals surface area contributed by atoms with Crippen molar-refractivity contribution in [1.82, 2.24) is 10.6 Å². The van der Waals surface area contributed by atoms with Gasteiger partial charge in [-0.2, -0.15) is 0 Å². The van der Waals surface area contributed by atoms with Crippen molar-refractivity contribution in [2.45, 2.75) is 51.0 Å². The highest BCUT2D eigenvalue weighted by Gasteiger charge is 2.43. The molecule has 0 bridgehead atoms. The van der Waals surface area contributed by atoms with Gasteiger partial charge >= 0.3 is 6.09 Å². The van der Waals surface area contributed by atoms with E-state index in [1.165, 1.54) is 0 Å². The molecule has 2 aliphatic rings. The molecule has 4 rings (SSSR count). The zero-order valence-electron chi connectivity index (χ0n) is 16.3. The van der Waals surface area contributed by atoms with Crippen LogP contribution in [0, 0.1) is 6.92 Å². The van der Waals surface area contributed by atoms with E-state index in [0.717, 1.165) is 16.7 Å². The second-order valence-corrected chi connectivity index (χ2v) is 7.98. The Labute approximate surface area is 175 Å². The number of rotatable bonds is 4. The summed E-state index contributed by atoms with van der Waals surface area (Å²) < 4.78 is 5.59. The van der Waals surface area contributed by atoms with Crippen LogP contribution in [0.15, 0.2) is 53.7 Å². The van der Waals surface area contributed by atoms with Crippen LogP contribution in [-0.4, -0.2) is 23.8 Å². The fourth-order valence-electron chi connectivity index (χ4n) is 3.69. The number of hydrogen-bond acceptors (Lipinski definition) is 5. The largest absolute Gasteiger partial charge is 0.446 e. The van der Waals surface area contributed by atoms with E-state index in [0.29, 0.717) is 43.1 Å². The van der Waals surface area contributed by atoms with Crippen LogP contribution >= 0.6 is 11.6 Å². The smallest absolute Gasteiger partial charge is 0.407 e. The van der Waals surface area contributed by atoms with Crippen molar-refractivity contribution < 1.29 is 14.4 Å². The van der Waals surface area contributed by atoms with Crippen LogP contribution in [0.4, 0.5) is 4.79 Å². The Balaban J connectivity index is 1.24. The molecule has 0 aromatic heterocycles. The normalized spacial score (nSPS) is 23.1. The van der Waals surface area contributed by atoms with Crippen molar-refractivity contribution in [3.8, 4) is 0 Å². The number of halogens is 1. The van der Waals surface area contributed by atoms with Crippen LogP contribution in [0.25, 0.3) is 0 Å². The van der Waals surface area contributed by atoms with Crippen LogP contribution in [0.2, 0.25) is 5.02 Å². The molecule has 1 fully saturated rings. The summed E-state index contributed by atoms with van der Waals surface area (Å²) >= 11 is 5.94. The molecule has 2 aromatic rings. The van der Waals surface area contributed by atoms with Crippen LogP contribution in [0.3, 0.4) is 0 Å². The van der Waals surface area contributed by atoms with Gasteiger partial charge in [0.05, 0.1) is 0 Å². The number of alkyl carbamates (subject to hydrolysis) is 1. The van der Waals surface area contributed by atoms with E-state index in [-0.39, 0.29) is 12.2 Å². The number of amidine groups is 1. The van der Waals surface area contributed by atoms with Gasteiger partial charge in [0.15, 0.2) is 5.84 Å². The molecule has 0 unspecified atom stereocenters. The van der Waals surface area contributed by atoms with E-state index in [1.54, 1.807) is 0 Å². The molecular weight excluding hydrogens is 390 g/mol. The van der Waals surface area contributed by atoms with Gasteiger partial charge in [-0.25, -0.2) is 4.79 Å². The molecule has 29 heavy (non-hydrogen) atoms. The van der Waals surface area contributed by atoms with Gasteiger partial charge < -0.3 is 20.2 Å². The molecule has 1 amide bonds. The van der Waals surface area contributed by atoms with Crippen LogP contribution in [0.1, 0.15) is 42.4 Å². The molecular formula is C22H24ClN3O3. The molecule has 1 aliphatic heterocycles. The van der Waals surface area contributed by atoms with Crippen molar-refractivity contribution in [1.29, 1.82) is 0 Å². The maximum Gasteiger partial charge on any atom is 0.407 e. The number of amides is 1. The third kappa shape index (κ3) is 4.65. The van der Waals surface area contributed by atoms with Gasteiger partial charge in [0.2, 0.25) is 5.72 Å². The zero-order valence-corrected chi connectivity index (χ0v) is 17.0. The van der Waals surface area contributed by atoms with Crippen molar-refractivity contribution in [3.05, 3.63) is 70.2 Å². The lowest BCUT2D eigenvalue weighted by Crippen LogP contribution is -2.49. The Morgan fingerprint density at radius 3 is 2.69 bits per heavy atom. The number of hydrogen-bond donors (Lipinski definition) is 2. The minimum Gasteiger partial charge on any atom is -0.446 e. The Hall–Kier alpha value is -2.73. The first kappa shape index (κ1) is 19.6. The maximum atomic E-state index is 12.2. The second kappa shape index (κ2) is 8.33. The number of nitrogens with zero attached hydrogens (tertiary/aromatic N) is 1. The number of ether oxygens (including phenoxy) is 1. The maximum absolute atomic E-state index is 12.2. The summed E-state index contributed by atoms with van der Waals surface area (Å²) in [5.41, 5.74) is 2.64. The van der Waals surface area contributed by atoms with Crippen LogP contribution in [0.5, 0.6) is 0 Å². The molecule has 0 atom stereocenters. The lowest BCUT2D eigenvalue weighted by Gasteiger charge is -2.34. The van der Waals surface area contributed by atoms with Gasteiger partial charge in [0.25, 0.3) is 0 Å². The molecule has 1 saturated carbocycles. The predicted octanol–water partition coefficient (Wildman–Crippen LogP) is 4.50. The SMILES string of the molecule is Cc1ccccc1CNC(=O)OC1CCC2(CC1)NC(c1ccc(Cl)cc1)=NO2. The molecule has 0 saturated heterocycles. The standard InChI is InChI=1S/C22H24ClN3O3/c1-15-4-2-3-5-17(15)14-24-21(27)28-19-10-12-22(13-11-19)25-20(26-29-22)16-6-8-18(23)9-7-16/h2-9,19H,10-14H2,1H3,(H,24,27)(H,25,26). The molecule has 1 heterocycles. The molecule has 6 nitrogen and oxygen atoms in total. The molecule has 2 aromatic carbocycles. The molecule has 1 aliphatic carbocycles. The van der Waals surface area contributed by atoms with E-state index >= 15 is 0 Å². The predicted molar refractivity (Wildman–Crippen MR) is 112 cm³/mol. The topological polar surface area (TPSA) is 72.0 Å². The highest BCUT2D eigenvalue weighted by molar-refractivity contribution is 6.30. The average molecular weight is 414 g/mol. The third-order valence-electron chi connectivity index (χ3n) is 5.47. The summed E-state index contributed by atoms with van der Waals surface area (Å²) in [6.45, 7) is 2.49. The Bertz CT molecular complexity index is 906. The minimum absolute atomic E-state index is 0.123. The van der Waals surface area contributed by atoms with Gasteiger partial charge in [-0.15, -0.1) is 0 Å². The van der Waals surface area contributed by atoms with Gasteiger partial charge in [-0.3, -0.25) is 0 Å². The Morgan fingerprint density at radius 2 is 1.97 bits per heavy atom. The molecule has 2 N–H and O–H groups in total. The fraction of sp³-hybridized carbons (Fsp3) is 0.364. The van der Waals surface area contributed by atoms with Crippen molar-refractivity contribution >= 4 is 23.5 Å². The number of carbonyl (C=O) groups is 1. The lowest BCUT2D eigenvalue weighted by atomic mass is 9.89. The minimum atomic E-state index is -0.521. The number of oxime groups is 1. The molecule has 152 valence electrons. The van der Waals surface area contributed by atoms with Crippen LogP contribution in [-0.2, 0) is 16.1 Å². The average Bonchev–Trinajstić information content (AvgIpc) is 3.14. The van der Waals surface area contributed by atoms with Crippen molar-refractivity contribution in [3.63, 3.8) is 0 Å². The van der Waals surface area contributed by atoms with E-state index in [9.17, 15) is 4.79 Å². The highest BCUT2D eigenvalue weighted by atomic mass is 35.5. The number of nitrogens with one attached hydrogen (secondary N) is 2. The van der Waals surface area contributed by atoms with E-state index in [2.05, 4.69) is 15.8 Å². The summed E-state index contributed by atoms with van der Waals surface area (Å²) in [4.78, 5) is 17.9. The summed E-state index contributed by atoms with van der Waals surface area (Å²) in [5, 5.41) is 11.1. The quantitative estimate of drug-likeness (QED) is 0.774. The fourth-order valence-corrected chi connectivity index (χ4v) is 3.81. The molecule has 1 spiro atoms. The Morgan fingerprint density at radius 1 is 1.24 bits per heavy atom. The van der Waals surface area contributed by atoms with E-state index in [4.69, 9.17) is 21.2 Å². The zero-order chi connectivity index (χ0) is 20.3. The first-order chi connectivity index (χ1) is 14.0. The third-order valence-corrected chi connectivity index (χ3v) is 5.73. The lowest BCUT2D eigenvalue weighted by molar-refractivity contribution is -0.0820. The second-order valence-electron chi connectivity index (χ2n) is 7.54. The van der Waals surface area contributed by atoms with Gasteiger partial charge in [0, 0.05) is 30.0 Å². The molecule has 0 radical (unpaired) electrons. The molecule has 7 heteroatoms. The summed E-state index contributed by atoms with van der Waals surface area (Å²) in [6, 6.07) is 15.4. The van der Waals surface area contributed by atoms with Gasteiger partial charge in [-0.1, -0.05) is 41.0 Å². The van der Waals surface area contributed by atoms with Gasteiger partial charge in [0.1, 0.15) is 6.10 Å². The summed E-state index contributed by atoms with van der Waals surface area (Å²) in [5.74, 6) is 0.706. The first-order valence-electron chi connectivity index (χ1n) is 9.82. The summed E-state index contributed by atoms with van der Waals surface area (Å²) in [7, 11) is 0. The number of carbonyl (C=O) groups excluding carboxylic acids is 1. The Kier molecular flexibility index (Phi) is 5.62. The van der Waals surface area contributed by atoms with Gasteiger partial charge in [-0.05, 0) is 55.2 Å². The van der Waals surface area contributed by atoms with Crippen molar-refractivity contribution in [2.24, 2.45) is 5.16 Å². The van der Waals surface area contributed by atoms with Crippen LogP contribution < -0.4 is 10.6 Å². The number of benzene rings is 2.